The van der Waals surface area contributed by atoms with Crippen molar-refractivity contribution in [3.05, 3.63) is 29.4 Å². The zero-order valence-corrected chi connectivity index (χ0v) is 13.3. The highest BCUT2D eigenvalue weighted by atomic mass is 35.5. The number of nitrogens with zero attached hydrogens (tertiary/aromatic N) is 3. The molecule has 0 saturated carbocycles. The Morgan fingerprint density at radius 3 is 2.76 bits per heavy atom. The lowest BCUT2D eigenvalue weighted by Gasteiger charge is -2.22. The van der Waals surface area contributed by atoms with Crippen molar-refractivity contribution in [3.63, 3.8) is 0 Å². The van der Waals surface area contributed by atoms with Crippen LogP contribution in [0.4, 0.5) is 5.82 Å². The predicted octanol–water partition coefficient (Wildman–Crippen LogP) is 4.69. The van der Waals surface area contributed by atoms with Crippen LogP contribution in [0.3, 0.4) is 0 Å². The molecule has 2 aromatic rings. The van der Waals surface area contributed by atoms with Gasteiger partial charge in [0.1, 0.15) is 0 Å². The Balaban J connectivity index is 1.88. The monoisotopic (exact) mass is 303 g/mol. The van der Waals surface area contributed by atoms with Crippen molar-refractivity contribution >= 4 is 28.2 Å². The molecular weight excluding hydrogens is 282 g/mol. The molecule has 4 heteroatoms. The molecule has 1 aromatic heterocycles. The van der Waals surface area contributed by atoms with E-state index in [4.69, 9.17) is 11.6 Å². The van der Waals surface area contributed by atoms with Gasteiger partial charge in [0, 0.05) is 23.9 Å². The Morgan fingerprint density at radius 2 is 1.95 bits per heavy atom. The van der Waals surface area contributed by atoms with Crippen molar-refractivity contribution in [2.24, 2.45) is 5.92 Å². The van der Waals surface area contributed by atoms with E-state index in [0.717, 1.165) is 35.6 Å². The number of rotatable bonds is 3. The molecule has 1 aromatic carbocycles. The van der Waals surface area contributed by atoms with E-state index >= 15 is 0 Å². The molecule has 0 bridgehead atoms. The molecule has 1 aliphatic rings. The lowest BCUT2D eigenvalue weighted by molar-refractivity contribution is 0.435. The van der Waals surface area contributed by atoms with Crippen LogP contribution in [0.1, 0.15) is 39.0 Å². The third kappa shape index (κ3) is 3.13. The minimum absolute atomic E-state index is 0.494. The molecule has 1 saturated heterocycles. The van der Waals surface area contributed by atoms with Gasteiger partial charge in [-0.25, -0.2) is 0 Å². The SMILES string of the molecule is CCCC1CCCN(c2nnc(Cl)c3ccccc23)CC1. The average Bonchev–Trinajstić information content (AvgIpc) is 2.74. The van der Waals surface area contributed by atoms with Crippen LogP contribution in [0.5, 0.6) is 0 Å². The van der Waals surface area contributed by atoms with E-state index in [9.17, 15) is 0 Å². The highest BCUT2D eigenvalue weighted by molar-refractivity contribution is 6.34. The smallest absolute Gasteiger partial charge is 0.159 e. The first-order chi connectivity index (χ1) is 10.3. The number of anilines is 1. The van der Waals surface area contributed by atoms with Crippen LogP contribution in [-0.2, 0) is 0 Å². The van der Waals surface area contributed by atoms with Crippen molar-refractivity contribution in [2.75, 3.05) is 18.0 Å². The summed E-state index contributed by atoms with van der Waals surface area (Å²) >= 11 is 6.17. The van der Waals surface area contributed by atoms with Gasteiger partial charge in [-0.2, -0.15) is 0 Å². The summed E-state index contributed by atoms with van der Waals surface area (Å²) in [5.41, 5.74) is 0. The molecule has 0 amide bonds. The fourth-order valence-corrected chi connectivity index (χ4v) is 3.57. The molecule has 1 fully saturated rings. The minimum Gasteiger partial charge on any atom is -0.355 e. The summed E-state index contributed by atoms with van der Waals surface area (Å²) in [6.07, 6.45) is 6.47. The van der Waals surface area contributed by atoms with E-state index in [1.807, 2.05) is 18.2 Å². The lowest BCUT2D eigenvalue weighted by atomic mass is 9.96. The summed E-state index contributed by atoms with van der Waals surface area (Å²) in [4.78, 5) is 2.39. The summed E-state index contributed by atoms with van der Waals surface area (Å²) in [6.45, 7) is 4.42. The zero-order valence-electron chi connectivity index (χ0n) is 12.6. The highest BCUT2D eigenvalue weighted by Gasteiger charge is 2.20. The van der Waals surface area contributed by atoms with Gasteiger partial charge in [-0.3, -0.25) is 0 Å². The second kappa shape index (κ2) is 6.61. The van der Waals surface area contributed by atoms with Crippen LogP contribution >= 0.6 is 11.6 Å². The second-order valence-electron chi connectivity index (χ2n) is 5.93. The summed E-state index contributed by atoms with van der Waals surface area (Å²) in [5.74, 6) is 1.86. The molecule has 2 heterocycles. The molecule has 0 radical (unpaired) electrons. The maximum absolute atomic E-state index is 6.17. The predicted molar refractivity (Wildman–Crippen MR) is 89.0 cm³/mol. The number of halogens is 1. The van der Waals surface area contributed by atoms with Crippen LogP contribution in [0.2, 0.25) is 5.15 Å². The Labute approximate surface area is 131 Å². The largest absolute Gasteiger partial charge is 0.355 e. The van der Waals surface area contributed by atoms with Gasteiger partial charge in [0.15, 0.2) is 11.0 Å². The molecule has 112 valence electrons. The second-order valence-corrected chi connectivity index (χ2v) is 6.29. The maximum Gasteiger partial charge on any atom is 0.159 e. The maximum atomic E-state index is 6.17. The van der Waals surface area contributed by atoms with Crippen molar-refractivity contribution in [1.82, 2.24) is 10.2 Å². The van der Waals surface area contributed by atoms with E-state index < -0.39 is 0 Å². The van der Waals surface area contributed by atoms with E-state index in [1.54, 1.807) is 0 Å². The van der Waals surface area contributed by atoms with Crippen LogP contribution < -0.4 is 4.90 Å². The average molecular weight is 304 g/mol. The normalized spacial score (nSPS) is 19.7. The summed E-state index contributed by atoms with van der Waals surface area (Å²) in [6, 6.07) is 8.16. The van der Waals surface area contributed by atoms with Crippen molar-refractivity contribution in [2.45, 2.75) is 39.0 Å². The first-order valence-electron chi connectivity index (χ1n) is 7.95. The molecule has 1 aliphatic heterocycles. The molecule has 0 spiro atoms. The fraction of sp³-hybridized carbons (Fsp3) is 0.529. The first-order valence-corrected chi connectivity index (χ1v) is 8.33. The first kappa shape index (κ1) is 14.6. The van der Waals surface area contributed by atoms with Gasteiger partial charge >= 0.3 is 0 Å². The molecular formula is C17H22ClN3. The van der Waals surface area contributed by atoms with E-state index in [-0.39, 0.29) is 0 Å². The Kier molecular flexibility index (Phi) is 4.59. The Morgan fingerprint density at radius 1 is 1.14 bits per heavy atom. The van der Waals surface area contributed by atoms with Gasteiger partial charge in [0.05, 0.1) is 0 Å². The molecule has 0 aliphatic carbocycles. The zero-order chi connectivity index (χ0) is 14.7. The number of aromatic nitrogens is 2. The highest BCUT2D eigenvalue weighted by Crippen LogP contribution is 2.31. The van der Waals surface area contributed by atoms with Gasteiger partial charge in [-0.1, -0.05) is 55.6 Å². The molecule has 1 atom stereocenters. The number of hydrogen-bond donors (Lipinski definition) is 0. The molecule has 0 N–H and O–H groups in total. The third-order valence-electron chi connectivity index (χ3n) is 4.47. The lowest BCUT2D eigenvalue weighted by Crippen LogP contribution is -2.25. The topological polar surface area (TPSA) is 29.0 Å². The molecule has 21 heavy (non-hydrogen) atoms. The third-order valence-corrected chi connectivity index (χ3v) is 4.75. The quantitative estimate of drug-likeness (QED) is 0.823. The summed E-state index contributed by atoms with van der Waals surface area (Å²) < 4.78 is 0. The van der Waals surface area contributed by atoms with Gasteiger partial charge < -0.3 is 4.90 Å². The number of benzene rings is 1. The standard InChI is InChI=1S/C17H22ClN3/c1-2-6-13-7-5-11-21(12-10-13)17-15-9-4-3-8-14(15)16(18)19-20-17/h3-4,8-9,13H,2,5-7,10-12H2,1H3. The van der Waals surface area contributed by atoms with E-state index in [1.165, 1.54) is 32.1 Å². The Hall–Kier alpha value is -1.35. The summed E-state index contributed by atoms with van der Waals surface area (Å²) in [7, 11) is 0. The van der Waals surface area contributed by atoms with Gasteiger partial charge in [0.25, 0.3) is 0 Å². The van der Waals surface area contributed by atoms with Gasteiger partial charge in [0.2, 0.25) is 0 Å². The fourth-order valence-electron chi connectivity index (χ4n) is 3.36. The van der Waals surface area contributed by atoms with Crippen LogP contribution in [-0.4, -0.2) is 23.3 Å². The number of hydrogen-bond acceptors (Lipinski definition) is 3. The summed E-state index contributed by atoms with van der Waals surface area (Å²) in [5, 5.41) is 11.1. The van der Waals surface area contributed by atoms with Gasteiger partial charge in [-0.05, 0) is 25.2 Å². The van der Waals surface area contributed by atoms with Crippen LogP contribution in [0.25, 0.3) is 10.8 Å². The van der Waals surface area contributed by atoms with Crippen LogP contribution in [0, 0.1) is 5.92 Å². The Bertz CT molecular complexity index is 614. The minimum atomic E-state index is 0.494. The van der Waals surface area contributed by atoms with Crippen LogP contribution in [0.15, 0.2) is 24.3 Å². The van der Waals surface area contributed by atoms with Crippen molar-refractivity contribution in [3.8, 4) is 0 Å². The van der Waals surface area contributed by atoms with E-state index in [2.05, 4.69) is 28.1 Å². The molecule has 3 rings (SSSR count). The van der Waals surface area contributed by atoms with Gasteiger partial charge in [-0.15, -0.1) is 10.2 Å². The number of fused-ring (bicyclic) bond motifs is 1. The van der Waals surface area contributed by atoms with Crippen molar-refractivity contribution < 1.29 is 0 Å². The molecule has 3 nitrogen and oxygen atoms in total. The molecule has 1 unspecified atom stereocenters. The van der Waals surface area contributed by atoms with Crippen molar-refractivity contribution in [1.29, 1.82) is 0 Å². The van der Waals surface area contributed by atoms with E-state index in [0.29, 0.717) is 5.15 Å².